The van der Waals surface area contributed by atoms with Crippen LogP contribution in [0.5, 0.6) is 5.88 Å². The molecule has 1 saturated heterocycles. The molecule has 1 fully saturated rings. The summed E-state index contributed by atoms with van der Waals surface area (Å²) in [6.07, 6.45) is 5.78. The maximum Gasteiger partial charge on any atom is 0.218 e. The first kappa shape index (κ1) is 18.5. The van der Waals surface area contributed by atoms with Crippen LogP contribution in [0.1, 0.15) is 38.7 Å². The van der Waals surface area contributed by atoms with E-state index < -0.39 is 0 Å². The van der Waals surface area contributed by atoms with Gasteiger partial charge in [0.05, 0.1) is 13.2 Å². The van der Waals surface area contributed by atoms with Gasteiger partial charge in [-0.15, -0.1) is 0 Å². The van der Waals surface area contributed by atoms with Gasteiger partial charge >= 0.3 is 0 Å². The first-order valence-electron chi connectivity index (χ1n) is 9.14. The number of guanidine groups is 1. The summed E-state index contributed by atoms with van der Waals surface area (Å²) in [5.74, 6) is 1.52. The van der Waals surface area contributed by atoms with E-state index in [0.29, 0.717) is 19.0 Å². The van der Waals surface area contributed by atoms with Crippen molar-refractivity contribution in [2.45, 2.75) is 39.7 Å². The zero-order valence-electron chi connectivity index (χ0n) is 15.1. The molecule has 0 atom stereocenters. The number of ether oxygens (including phenoxy) is 1. The number of hydrogen-bond acceptors (Lipinski definition) is 4. The lowest BCUT2D eigenvalue weighted by atomic mass is 10.1. The SMILES string of the molecule is CCNC(=NCc1cccnc1OCC)NCCN1CCCCC1. The average molecular weight is 333 g/mol. The first-order chi connectivity index (χ1) is 11.8. The van der Waals surface area contributed by atoms with Crippen molar-refractivity contribution in [3.05, 3.63) is 23.9 Å². The van der Waals surface area contributed by atoms with Crippen molar-refractivity contribution in [2.24, 2.45) is 4.99 Å². The number of nitrogens with one attached hydrogen (secondary N) is 2. The summed E-state index contributed by atoms with van der Waals surface area (Å²) in [5.41, 5.74) is 1.01. The molecule has 0 aromatic carbocycles. The van der Waals surface area contributed by atoms with Crippen molar-refractivity contribution < 1.29 is 4.74 Å². The van der Waals surface area contributed by atoms with E-state index in [2.05, 4.69) is 32.4 Å². The van der Waals surface area contributed by atoms with Crippen LogP contribution in [-0.4, -0.2) is 55.2 Å². The van der Waals surface area contributed by atoms with Gasteiger partial charge in [0.2, 0.25) is 5.88 Å². The predicted molar refractivity (Wildman–Crippen MR) is 98.5 cm³/mol. The number of hydrogen-bond donors (Lipinski definition) is 2. The van der Waals surface area contributed by atoms with Gasteiger partial charge in [0.25, 0.3) is 0 Å². The molecule has 24 heavy (non-hydrogen) atoms. The number of nitrogens with zero attached hydrogens (tertiary/aromatic N) is 3. The lowest BCUT2D eigenvalue weighted by molar-refractivity contribution is 0.232. The Morgan fingerprint density at radius 3 is 2.83 bits per heavy atom. The molecule has 2 rings (SSSR count). The molecule has 0 bridgehead atoms. The van der Waals surface area contributed by atoms with Crippen LogP contribution in [0.2, 0.25) is 0 Å². The minimum Gasteiger partial charge on any atom is -0.478 e. The van der Waals surface area contributed by atoms with Crippen molar-refractivity contribution >= 4 is 5.96 Å². The number of aromatic nitrogens is 1. The number of piperidine rings is 1. The highest BCUT2D eigenvalue weighted by Gasteiger charge is 2.09. The normalized spacial score (nSPS) is 16.0. The molecule has 0 spiro atoms. The number of aliphatic imine (C=N–C) groups is 1. The second-order valence-electron chi connectivity index (χ2n) is 5.92. The second-order valence-corrected chi connectivity index (χ2v) is 5.92. The van der Waals surface area contributed by atoms with E-state index in [0.717, 1.165) is 31.2 Å². The average Bonchev–Trinajstić information content (AvgIpc) is 2.62. The van der Waals surface area contributed by atoms with Crippen molar-refractivity contribution in [1.82, 2.24) is 20.5 Å². The quantitative estimate of drug-likeness (QED) is 0.563. The zero-order chi connectivity index (χ0) is 17.0. The van der Waals surface area contributed by atoms with E-state index in [1.54, 1.807) is 6.20 Å². The van der Waals surface area contributed by atoms with Gasteiger partial charge in [-0.2, -0.15) is 0 Å². The molecule has 1 aromatic heterocycles. The molecule has 0 unspecified atom stereocenters. The summed E-state index contributed by atoms with van der Waals surface area (Å²) >= 11 is 0. The van der Waals surface area contributed by atoms with Gasteiger partial charge in [-0.1, -0.05) is 12.5 Å². The van der Waals surface area contributed by atoms with Gasteiger partial charge in [-0.25, -0.2) is 9.98 Å². The molecule has 2 heterocycles. The smallest absolute Gasteiger partial charge is 0.218 e. The lowest BCUT2D eigenvalue weighted by Crippen LogP contribution is -2.42. The number of pyridine rings is 1. The Hall–Kier alpha value is -1.82. The van der Waals surface area contributed by atoms with Crippen molar-refractivity contribution in [2.75, 3.05) is 39.3 Å². The summed E-state index contributed by atoms with van der Waals surface area (Å²) in [6.45, 7) is 10.5. The Morgan fingerprint density at radius 2 is 2.08 bits per heavy atom. The molecule has 0 aliphatic carbocycles. The molecule has 2 N–H and O–H groups in total. The Balaban J connectivity index is 1.85. The summed E-state index contributed by atoms with van der Waals surface area (Å²) in [4.78, 5) is 11.5. The second kappa shape index (κ2) is 10.9. The highest BCUT2D eigenvalue weighted by molar-refractivity contribution is 5.79. The predicted octanol–water partition coefficient (Wildman–Crippen LogP) is 2.02. The lowest BCUT2D eigenvalue weighted by Gasteiger charge is -2.26. The minimum absolute atomic E-state index is 0.558. The van der Waals surface area contributed by atoms with Crippen LogP contribution in [0.4, 0.5) is 0 Å². The van der Waals surface area contributed by atoms with E-state index in [1.807, 2.05) is 19.1 Å². The molecular weight excluding hydrogens is 302 g/mol. The number of rotatable bonds is 8. The largest absolute Gasteiger partial charge is 0.478 e. The molecule has 6 heteroatoms. The van der Waals surface area contributed by atoms with Gasteiger partial charge < -0.3 is 20.3 Å². The fourth-order valence-electron chi connectivity index (χ4n) is 2.83. The Labute approximate surface area is 145 Å². The van der Waals surface area contributed by atoms with E-state index >= 15 is 0 Å². The Kier molecular flexibility index (Phi) is 8.38. The molecule has 6 nitrogen and oxygen atoms in total. The summed E-state index contributed by atoms with van der Waals surface area (Å²) in [7, 11) is 0. The van der Waals surface area contributed by atoms with E-state index in [4.69, 9.17) is 4.74 Å². The third-order valence-electron chi connectivity index (χ3n) is 4.05. The van der Waals surface area contributed by atoms with Crippen molar-refractivity contribution in [3.8, 4) is 5.88 Å². The minimum atomic E-state index is 0.558. The van der Waals surface area contributed by atoms with Gasteiger partial charge in [-0.05, 0) is 45.8 Å². The van der Waals surface area contributed by atoms with Crippen LogP contribution in [0.15, 0.2) is 23.3 Å². The standard InChI is InChI=1S/C18H31N5O/c1-3-19-18(21-11-14-23-12-6-5-7-13-23)22-15-16-9-8-10-20-17(16)24-4-2/h8-10H,3-7,11-15H2,1-2H3,(H2,19,21,22). The fraction of sp³-hybridized carbons (Fsp3) is 0.667. The third-order valence-corrected chi connectivity index (χ3v) is 4.05. The Morgan fingerprint density at radius 1 is 1.25 bits per heavy atom. The fourth-order valence-corrected chi connectivity index (χ4v) is 2.83. The molecular formula is C18H31N5O. The topological polar surface area (TPSA) is 61.8 Å². The summed E-state index contributed by atoms with van der Waals surface area (Å²) in [6, 6.07) is 3.93. The zero-order valence-corrected chi connectivity index (χ0v) is 15.1. The van der Waals surface area contributed by atoms with Crippen molar-refractivity contribution in [1.29, 1.82) is 0 Å². The van der Waals surface area contributed by atoms with E-state index in [9.17, 15) is 0 Å². The van der Waals surface area contributed by atoms with E-state index in [1.165, 1.54) is 32.4 Å². The molecule has 0 saturated carbocycles. The molecule has 0 amide bonds. The van der Waals surface area contributed by atoms with Gasteiger partial charge in [-0.3, -0.25) is 0 Å². The maximum atomic E-state index is 5.56. The van der Waals surface area contributed by atoms with Crippen LogP contribution >= 0.6 is 0 Å². The van der Waals surface area contributed by atoms with Crippen LogP contribution in [0, 0.1) is 0 Å². The number of likely N-dealkylation sites (tertiary alicyclic amines) is 1. The molecule has 1 aromatic rings. The van der Waals surface area contributed by atoms with Gasteiger partial charge in [0, 0.05) is 31.4 Å². The molecule has 1 aliphatic heterocycles. The van der Waals surface area contributed by atoms with E-state index in [-0.39, 0.29) is 0 Å². The Bertz CT molecular complexity index is 500. The molecule has 1 aliphatic rings. The van der Waals surface area contributed by atoms with Crippen LogP contribution < -0.4 is 15.4 Å². The van der Waals surface area contributed by atoms with Crippen LogP contribution in [-0.2, 0) is 6.54 Å². The van der Waals surface area contributed by atoms with Gasteiger partial charge in [0.15, 0.2) is 5.96 Å². The highest BCUT2D eigenvalue weighted by Crippen LogP contribution is 2.15. The van der Waals surface area contributed by atoms with Crippen molar-refractivity contribution in [3.63, 3.8) is 0 Å². The highest BCUT2D eigenvalue weighted by atomic mass is 16.5. The monoisotopic (exact) mass is 333 g/mol. The molecule has 134 valence electrons. The van der Waals surface area contributed by atoms with Crippen LogP contribution in [0.3, 0.4) is 0 Å². The third kappa shape index (κ3) is 6.35. The summed E-state index contributed by atoms with van der Waals surface area (Å²) < 4.78 is 5.56. The van der Waals surface area contributed by atoms with Gasteiger partial charge in [0.1, 0.15) is 0 Å². The summed E-state index contributed by atoms with van der Waals surface area (Å²) in [5, 5.41) is 6.73. The van der Waals surface area contributed by atoms with Crippen LogP contribution in [0.25, 0.3) is 0 Å². The molecule has 0 radical (unpaired) electrons. The maximum absolute atomic E-state index is 5.56. The first-order valence-corrected chi connectivity index (χ1v) is 9.14.